The summed E-state index contributed by atoms with van der Waals surface area (Å²) in [5.41, 5.74) is 3.43. The van der Waals surface area contributed by atoms with Crippen LogP contribution in [0.25, 0.3) is 11.4 Å². The lowest BCUT2D eigenvalue weighted by molar-refractivity contribution is -0.124. The van der Waals surface area contributed by atoms with Crippen molar-refractivity contribution in [3.63, 3.8) is 0 Å². The van der Waals surface area contributed by atoms with Crippen LogP contribution in [-0.2, 0) is 15.1 Å². The summed E-state index contributed by atoms with van der Waals surface area (Å²) in [6, 6.07) is 38.2. The number of hydrogen-bond acceptors (Lipinski definition) is 7. The highest BCUT2D eigenvalue weighted by atomic mass is 32.2. The number of thioether (sulfide) groups is 1. The van der Waals surface area contributed by atoms with Crippen molar-refractivity contribution >= 4 is 24.1 Å². The first-order chi connectivity index (χ1) is 28.4. The van der Waals surface area contributed by atoms with Gasteiger partial charge in [0.05, 0.1) is 11.4 Å². The molecule has 1 heterocycles. The van der Waals surface area contributed by atoms with E-state index in [2.05, 4.69) is 59.8 Å². The third-order valence-corrected chi connectivity index (χ3v) is 11.6. The quantitative estimate of drug-likeness (QED) is 0.0210. The van der Waals surface area contributed by atoms with Crippen molar-refractivity contribution in [2.75, 3.05) is 12.3 Å². The van der Waals surface area contributed by atoms with E-state index in [1.54, 1.807) is 9.70 Å². The summed E-state index contributed by atoms with van der Waals surface area (Å²) in [5, 5.41) is 28.9. The lowest BCUT2D eigenvalue weighted by atomic mass is 9.77. The Morgan fingerprint density at radius 2 is 1.43 bits per heavy atom. The van der Waals surface area contributed by atoms with Gasteiger partial charge in [-0.25, -0.2) is 0 Å². The number of amides is 2. The molecule has 0 aliphatic rings. The molecular weight excluding hydrogens is 741 g/mol. The van der Waals surface area contributed by atoms with Crippen LogP contribution in [0.4, 0.5) is 0 Å². The largest absolute Gasteiger partial charge is 0.387 e. The summed E-state index contributed by atoms with van der Waals surface area (Å²) in [4.78, 5) is 27.2. The fraction of sp³-hybridized carbons (Fsp3) is 0.354. The van der Waals surface area contributed by atoms with Crippen LogP contribution in [-0.4, -0.2) is 66.2 Å². The van der Waals surface area contributed by atoms with Crippen LogP contribution < -0.4 is 5.32 Å². The first-order valence-corrected chi connectivity index (χ1v) is 21.7. The molecule has 0 fully saturated rings. The van der Waals surface area contributed by atoms with E-state index in [1.165, 1.54) is 57.2 Å². The molecule has 2 N–H and O–H groups in total. The van der Waals surface area contributed by atoms with Crippen molar-refractivity contribution in [2.45, 2.75) is 95.2 Å². The Balaban J connectivity index is 1.43. The first kappa shape index (κ1) is 43.8. The number of tetrazole rings is 1. The molecule has 304 valence electrons. The highest BCUT2D eigenvalue weighted by molar-refractivity contribution is 8.00. The number of carbonyl (C=O) groups is 2. The van der Waals surface area contributed by atoms with Crippen molar-refractivity contribution in [2.24, 2.45) is 0 Å². The zero-order chi connectivity index (χ0) is 41.0. The number of aromatic nitrogens is 4. The van der Waals surface area contributed by atoms with Crippen LogP contribution in [0, 0.1) is 0 Å². The van der Waals surface area contributed by atoms with Gasteiger partial charge in [-0.3, -0.25) is 9.59 Å². The van der Waals surface area contributed by atoms with Crippen LogP contribution in [0.3, 0.4) is 0 Å². The number of allylic oxidation sites excluding steroid dienone is 3. The SMILES string of the molecule is CCCCCCCCC/C=C\C=C\C(SC[C@H](NC(C)=O)N(C=O)CC)C(O)c1cccc(-c2nnn(C(c3ccccc3)(c3ccccc3)c3ccccc3)n2)c1. The fourth-order valence-corrected chi connectivity index (χ4v) is 8.47. The van der Waals surface area contributed by atoms with E-state index in [9.17, 15) is 14.7 Å². The minimum Gasteiger partial charge on any atom is -0.387 e. The van der Waals surface area contributed by atoms with Gasteiger partial charge in [-0.05, 0) is 53.3 Å². The molecule has 0 saturated heterocycles. The molecule has 0 saturated carbocycles. The Morgan fingerprint density at radius 3 is 2.00 bits per heavy atom. The van der Waals surface area contributed by atoms with E-state index < -0.39 is 23.1 Å². The number of nitrogens with one attached hydrogen (secondary N) is 1. The summed E-state index contributed by atoms with van der Waals surface area (Å²) in [7, 11) is 0. The molecule has 1 aromatic heterocycles. The Morgan fingerprint density at radius 1 is 0.828 bits per heavy atom. The fourth-order valence-electron chi connectivity index (χ4n) is 7.25. The molecular formula is C48H58N6O3S. The average Bonchev–Trinajstić information content (AvgIpc) is 3.76. The van der Waals surface area contributed by atoms with Crippen LogP contribution in [0.1, 0.15) is 100 Å². The molecule has 2 unspecified atom stereocenters. The van der Waals surface area contributed by atoms with Crippen LogP contribution in [0.15, 0.2) is 140 Å². The Bertz CT molecular complexity index is 1920. The monoisotopic (exact) mass is 798 g/mol. The van der Waals surface area contributed by atoms with E-state index >= 15 is 0 Å². The smallest absolute Gasteiger partial charge is 0.218 e. The summed E-state index contributed by atoms with van der Waals surface area (Å²) >= 11 is 1.48. The Labute approximate surface area is 348 Å². The maximum Gasteiger partial charge on any atom is 0.218 e. The lowest BCUT2D eigenvalue weighted by Crippen LogP contribution is -2.48. The third kappa shape index (κ3) is 11.6. The van der Waals surface area contributed by atoms with Gasteiger partial charge in [0, 0.05) is 24.8 Å². The number of hydrogen-bond donors (Lipinski definition) is 2. The van der Waals surface area contributed by atoms with Gasteiger partial charge in [0.2, 0.25) is 18.1 Å². The molecule has 5 rings (SSSR count). The second-order valence-electron chi connectivity index (χ2n) is 14.5. The van der Waals surface area contributed by atoms with E-state index in [0.717, 1.165) is 35.9 Å². The third-order valence-electron chi connectivity index (χ3n) is 10.3. The summed E-state index contributed by atoms with van der Waals surface area (Å²) in [6.07, 6.45) is 17.4. The number of aliphatic hydroxyl groups is 1. The minimum absolute atomic E-state index is 0.226. The molecule has 0 spiro atoms. The molecule has 0 radical (unpaired) electrons. The van der Waals surface area contributed by atoms with Gasteiger partial charge in [-0.2, -0.15) is 0 Å². The predicted molar refractivity (Wildman–Crippen MR) is 236 cm³/mol. The second kappa shape index (κ2) is 23.2. The predicted octanol–water partition coefficient (Wildman–Crippen LogP) is 9.51. The molecule has 5 aromatic rings. The van der Waals surface area contributed by atoms with Crippen molar-refractivity contribution in [1.29, 1.82) is 0 Å². The zero-order valence-corrected chi connectivity index (χ0v) is 34.9. The topological polar surface area (TPSA) is 113 Å². The molecule has 9 nitrogen and oxygen atoms in total. The maximum absolute atomic E-state index is 12.1. The van der Waals surface area contributed by atoms with E-state index in [0.29, 0.717) is 29.2 Å². The van der Waals surface area contributed by atoms with Gasteiger partial charge in [-0.15, -0.1) is 26.8 Å². The first-order valence-electron chi connectivity index (χ1n) is 20.6. The van der Waals surface area contributed by atoms with Crippen molar-refractivity contribution in [3.05, 3.63) is 162 Å². The summed E-state index contributed by atoms with van der Waals surface area (Å²) in [6.45, 7) is 5.99. The summed E-state index contributed by atoms with van der Waals surface area (Å²) in [5.74, 6) is 0.580. The molecule has 2 amide bonds. The van der Waals surface area contributed by atoms with E-state index in [-0.39, 0.29) is 5.91 Å². The number of unbranched alkanes of at least 4 members (excludes halogenated alkanes) is 7. The van der Waals surface area contributed by atoms with Crippen LogP contribution in [0.5, 0.6) is 0 Å². The molecule has 4 aromatic carbocycles. The van der Waals surface area contributed by atoms with Crippen LogP contribution >= 0.6 is 11.8 Å². The number of rotatable bonds is 24. The van der Waals surface area contributed by atoms with E-state index in [1.807, 2.05) is 104 Å². The number of nitrogens with zero attached hydrogens (tertiary/aromatic N) is 5. The average molecular weight is 799 g/mol. The van der Waals surface area contributed by atoms with Gasteiger partial charge < -0.3 is 15.3 Å². The molecule has 10 heteroatoms. The normalized spacial score (nSPS) is 13.4. The molecule has 0 aliphatic heterocycles. The van der Waals surface area contributed by atoms with Crippen molar-refractivity contribution in [1.82, 2.24) is 30.4 Å². The summed E-state index contributed by atoms with van der Waals surface area (Å²) < 4.78 is 0. The Kier molecular flexibility index (Phi) is 17.5. The minimum atomic E-state index is -0.922. The lowest BCUT2D eigenvalue weighted by Gasteiger charge is -2.34. The van der Waals surface area contributed by atoms with Crippen LogP contribution in [0.2, 0.25) is 0 Å². The molecule has 58 heavy (non-hydrogen) atoms. The van der Waals surface area contributed by atoms with E-state index in [4.69, 9.17) is 10.3 Å². The number of aliphatic hydroxyl groups excluding tert-OH is 1. The molecule has 3 atom stereocenters. The number of benzene rings is 4. The van der Waals surface area contributed by atoms with Gasteiger partial charge >= 0.3 is 0 Å². The van der Waals surface area contributed by atoms with Gasteiger partial charge in [-0.1, -0.05) is 179 Å². The van der Waals surface area contributed by atoms with Crippen molar-refractivity contribution in [3.8, 4) is 11.4 Å². The van der Waals surface area contributed by atoms with Gasteiger partial charge in [0.1, 0.15) is 6.17 Å². The molecule has 0 bridgehead atoms. The highest BCUT2D eigenvalue weighted by Gasteiger charge is 2.41. The standard InChI is InChI=1S/C48H58N6O3S/c1-4-6-7-8-9-10-11-12-13-14-24-34-44(58-36-45(49-38(3)56)53(5-2)37-55)46(57)39-26-25-27-40(35-39)47-50-52-54(51-47)48(41-28-18-15-19-29-41,42-30-20-16-21-31-42)43-32-22-17-23-33-43/h13-35,37,44-46,57H,4-12,36H2,1-3H3,(H,49,56)/b14-13-,34-24+/t44?,45-,46?/m1/s1. The maximum atomic E-state index is 12.1. The second-order valence-corrected chi connectivity index (χ2v) is 15.7. The highest BCUT2D eigenvalue weighted by Crippen LogP contribution is 2.40. The zero-order valence-electron chi connectivity index (χ0n) is 34.1. The molecule has 0 aliphatic carbocycles. The Hall–Kier alpha value is -5.32. The van der Waals surface area contributed by atoms with Gasteiger partial charge in [0.25, 0.3) is 0 Å². The number of carbonyl (C=O) groups excluding carboxylic acids is 2. The van der Waals surface area contributed by atoms with Crippen molar-refractivity contribution < 1.29 is 14.7 Å². The van der Waals surface area contributed by atoms with Gasteiger partial charge in [0.15, 0.2) is 5.54 Å².